The number of piperidine rings is 1. The van der Waals surface area contributed by atoms with E-state index in [1.165, 1.54) is 18.2 Å². The Balaban J connectivity index is 1.41. The molecule has 4 rings (SSSR count). The number of aromatic carboxylic acids is 1. The normalized spacial score (nSPS) is 14.8. The highest BCUT2D eigenvalue weighted by Crippen LogP contribution is 2.30. The van der Waals surface area contributed by atoms with E-state index in [0.717, 1.165) is 47.1 Å². The molecule has 0 aromatic heterocycles. The number of quaternary nitrogens is 1. The molecule has 3 aromatic rings. The van der Waals surface area contributed by atoms with Gasteiger partial charge >= 0.3 is 12.1 Å². The first kappa shape index (κ1) is 28.1. The molecule has 0 saturated carbocycles. The molecule has 0 radical (unpaired) electrons. The van der Waals surface area contributed by atoms with Crippen LogP contribution in [0.5, 0.6) is 0 Å². The zero-order chi connectivity index (χ0) is 28.0. The summed E-state index contributed by atoms with van der Waals surface area (Å²) in [5, 5.41) is 14.8. The van der Waals surface area contributed by atoms with Crippen LogP contribution in [0.4, 0.5) is 16.2 Å². The summed E-state index contributed by atoms with van der Waals surface area (Å²) in [5.74, 6) is -1.36. The number of nitrogens with one attached hydrogen (secondary N) is 2. The highest BCUT2D eigenvalue weighted by atomic mass is 35.5. The number of carboxylic acids is 1. The molecular formula is C30H33ClN3O5+. The Hall–Kier alpha value is -3.88. The van der Waals surface area contributed by atoms with Crippen LogP contribution in [-0.4, -0.2) is 60.8 Å². The van der Waals surface area contributed by atoms with E-state index in [1.807, 2.05) is 48.5 Å². The van der Waals surface area contributed by atoms with Crippen molar-refractivity contribution in [3.8, 4) is 11.1 Å². The lowest BCUT2D eigenvalue weighted by Crippen LogP contribution is -2.48. The summed E-state index contributed by atoms with van der Waals surface area (Å²) < 4.78 is 6.65. The van der Waals surface area contributed by atoms with Gasteiger partial charge in [-0.25, -0.2) is 9.59 Å². The third kappa shape index (κ3) is 7.81. The van der Waals surface area contributed by atoms with Gasteiger partial charge in [0.2, 0.25) is 5.91 Å². The predicted octanol–water partition coefficient (Wildman–Crippen LogP) is 6.06. The van der Waals surface area contributed by atoms with Crippen LogP contribution in [0.1, 0.15) is 35.2 Å². The molecule has 0 atom stereocenters. The number of benzene rings is 3. The van der Waals surface area contributed by atoms with Crippen LogP contribution in [-0.2, 0) is 16.0 Å². The molecule has 39 heavy (non-hydrogen) atoms. The van der Waals surface area contributed by atoms with Crippen molar-refractivity contribution in [3.05, 3.63) is 82.9 Å². The summed E-state index contributed by atoms with van der Waals surface area (Å²) in [6.07, 6.45) is 1.78. The summed E-state index contributed by atoms with van der Waals surface area (Å²) in [7, 11) is 4.36. The molecule has 1 heterocycles. The topological polar surface area (TPSA) is 105 Å². The number of halogens is 1. The number of aryl methyl sites for hydroxylation is 1. The van der Waals surface area contributed by atoms with Crippen molar-refractivity contribution < 1.29 is 28.7 Å². The lowest BCUT2D eigenvalue weighted by molar-refractivity contribution is -0.896. The quantitative estimate of drug-likeness (QED) is 0.295. The molecule has 1 fully saturated rings. The SMILES string of the molecule is C[N+]1(C)CCC(OC(=O)Nc2ccc(CCC(=O)Nc3ccc(C(=O)O)c(Cl)c3)cc2-c2ccccc2)CC1. The van der Waals surface area contributed by atoms with Crippen LogP contribution in [0.15, 0.2) is 66.7 Å². The third-order valence-corrected chi connectivity index (χ3v) is 7.23. The van der Waals surface area contributed by atoms with Crippen molar-refractivity contribution >= 4 is 40.9 Å². The monoisotopic (exact) mass is 550 g/mol. The van der Waals surface area contributed by atoms with E-state index in [-0.39, 0.29) is 29.0 Å². The van der Waals surface area contributed by atoms with E-state index in [1.54, 1.807) is 0 Å². The molecule has 1 aliphatic rings. The number of hydrogen-bond acceptors (Lipinski definition) is 4. The molecule has 204 valence electrons. The number of likely N-dealkylation sites (tertiary alicyclic amines) is 1. The van der Waals surface area contributed by atoms with Gasteiger partial charge in [0, 0.05) is 30.5 Å². The van der Waals surface area contributed by atoms with Crippen LogP contribution in [0, 0.1) is 0 Å². The fraction of sp³-hybridized carbons (Fsp3) is 0.300. The van der Waals surface area contributed by atoms with Crippen molar-refractivity contribution in [1.29, 1.82) is 0 Å². The van der Waals surface area contributed by atoms with Gasteiger partial charge in [-0.2, -0.15) is 0 Å². The van der Waals surface area contributed by atoms with Crippen molar-refractivity contribution in [2.75, 3.05) is 37.8 Å². The minimum atomic E-state index is -1.13. The second kappa shape index (κ2) is 12.3. The Morgan fingerprint density at radius 3 is 2.36 bits per heavy atom. The molecule has 2 amide bonds. The van der Waals surface area contributed by atoms with E-state index in [9.17, 15) is 14.4 Å². The number of carbonyl (C=O) groups is 3. The average molecular weight is 551 g/mol. The Morgan fingerprint density at radius 2 is 1.69 bits per heavy atom. The molecule has 9 heteroatoms. The molecule has 1 saturated heterocycles. The Labute approximate surface area is 233 Å². The first-order valence-electron chi connectivity index (χ1n) is 12.9. The third-order valence-electron chi connectivity index (χ3n) is 6.92. The number of ether oxygens (including phenoxy) is 1. The van der Waals surface area contributed by atoms with Crippen molar-refractivity contribution in [1.82, 2.24) is 0 Å². The van der Waals surface area contributed by atoms with E-state index in [0.29, 0.717) is 17.8 Å². The van der Waals surface area contributed by atoms with Crippen LogP contribution < -0.4 is 10.6 Å². The fourth-order valence-corrected chi connectivity index (χ4v) is 4.87. The number of rotatable bonds is 8. The number of carbonyl (C=O) groups excluding carboxylic acids is 2. The number of amides is 2. The molecule has 0 spiro atoms. The smallest absolute Gasteiger partial charge is 0.411 e. The van der Waals surface area contributed by atoms with Crippen molar-refractivity contribution in [3.63, 3.8) is 0 Å². The maximum atomic E-state index is 12.7. The van der Waals surface area contributed by atoms with Crippen LogP contribution in [0.3, 0.4) is 0 Å². The van der Waals surface area contributed by atoms with E-state index >= 15 is 0 Å². The molecule has 1 aliphatic heterocycles. The lowest BCUT2D eigenvalue weighted by atomic mass is 9.99. The number of anilines is 2. The maximum absolute atomic E-state index is 12.7. The highest BCUT2D eigenvalue weighted by molar-refractivity contribution is 6.33. The number of carboxylic acid groups (broad SMARTS) is 1. The average Bonchev–Trinajstić information content (AvgIpc) is 2.89. The van der Waals surface area contributed by atoms with Gasteiger partial charge in [-0.05, 0) is 47.9 Å². The first-order chi connectivity index (χ1) is 18.6. The largest absolute Gasteiger partial charge is 0.478 e. The Kier molecular flexibility index (Phi) is 8.89. The van der Waals surface area contributed by atoms with Gasteiger partial charge in [-0.15, -0.1) is 0 Å². The second-order valence-corrected chi connectivity index (χ2v) is 10.8. The molecular weight excluding hydrogens is 518 g/mol. The molecule has 3 aromatic carbocycles. The molecule has 8 nitrogen and oxygen atoms in total. The molecule has 3 N–H and O–H groups in total. The van der Waals surface area contributed by atoms with Crippen LogP contribution in [0.2, 0.25) is 5.02 Å². The summed E-state index contributed by atoms with van der Waals surface area (Å²) in [6.45, 7) is 1.94. The first-order valence-corrected chi connectivity index (χ1v) is 13.3. The van der Waals surface area contributed by atoms with Gasteiger partial charge in [0.1, 0.15) is 6.10 Å². The Morgan fingerprint density at radius 1 is 0.974 bits per heavy atom. The summed E-state index contributed by atoms with van der Waals surface area (Å²) in [6, 6.07) is 19.7. The number of nitrogens with zero attached hydrogens (tertiary/aromatic N) is 1. The standard InChI is InChI=1S/C30H32ClN3O5/c1-34(2)16-14-23(15-17-34)39-30(38)33-27-12-8-20(18-25(27)21-6-4-3-5-7-21)9-13-28(35)32-22-10-11-24(29(36)37)26(31)19-22/h3-8,10-12,18-19,23H,9,13-17H2,1-2H3,(H2-,32,33,35,36,37,38)/p+1. The van der Waals surface area contributed by atoms with Gasteiger partial charge in [0.25, 0.3) is 0 Å². The number of hydrogen-bond donors (Lipinski definition) is 3. The molecule has 0 bridgehead atoms. The minimum absolute atomic E-state index is 0.0253. The van der Waals surface area contributed by atoms with Crippen LogP contribution >= 0.6 is 11.6 Å². The van der Waals surface area contributed by atoms with Gasteiger partial charge in [-0.1, -0.05) is 48.0 Å². The summed E-state index contributed by atoms with van der Waals surface area (Å²) >= 11 is 6.00. The second-order valence-electron chi connectivity index (χ2n) is 10.4. The van der Waals surface area contributed by atoms with Gasteiger partial charge in [0.05, 0.1) is 43.5 Å². The maximum Gasteiger partial charge on any atom is 0.411 e. The van der Waals surface area contributed by atoms with Gasteiger partial charge in [0.15, 0.2) is 0 Å². The zero-order valence-electron chi connectivity index (χ0n) is 22.1. The van der Waals surface area contributed by atoms with E-state index < -0.39 is 12.1 Å². The van der Waals surface area contributed by atoms with Crippen molar-refractivity contribution in [2.24, 2.45) is 0 Å². The highest BCUT2D eigenvalue weighted by Gasteiger charge is 2.28. The summed E-state index contributed by atoms with van der Waals surface area (Å²) in [4.78, 5) is 36.5. The Bertz CT molecular complexity index is 1350. The van der Waals surface area contributed by atoms with Gasteiger partial charge < -0.3 is 19.6 Å². The molecule has 0 aliphatic carbocycles. The minimum Gasteiger partial charge on any atom is -0.478 e. The van der Waals surface area contributed by atoms with E-state index in [4.69, 9.17) is 21.4 Å². The predicted molar refractivity (Wildman–Crippen MR) is 152 cm³/mol. The molecule has 0 unspecified atom stereocenters. The summed E-state index contributed by atoms with van der Waals surface area (Å²) in [5.41, 5.74) is 3.74. The zero-order valence-corrected chi connectivity index (χ0v) is 22.8. The van der Waals surface area contributed by atoms with E-state index in [2.05, 4.69) is 24.7 Å². The fourth-order valence-electron chi connectivity index (χ4n) is 4.61. The van der Waals surface area contributed by atoms with Crippen molar-refractivity contribution in [2.45, 2.75) is 31.8 Å². The van der Waals surface area contributed by atoms with Gasteiger partial charge in [-0.3, -0.25) is 10.1 Å². The van der Waals surface area contributed by atoms with Crippen LogP contribution in [0.25, 0.3) is 11.1 Å². The lowest BCUT2D eigenvalue weighted by Gasteiger charge is -2.36.